The van der Waals surface area contributed by atoms with Gasteiger partial charge >= 0.3 is 0 Å². The molecule has 0 spiro atoms. The van der Waals surface area contributed by atoms with E-state index in [4.69, 9.17) is 4.74 Å². The number of hydrogen-bond acceptors (Lipinski definition) is 4. The standard InChI is InChI=1S/C17H20N2O3S/c1-22-16-6-7-17(15-5-3-2-4-14(15)16)23(20,21)19-12-13-8-10-18-11-9-13/h2-8,18-19H,9-12H2,1H3. The average Bonchev–Trinajstić information content (AvgIpc) is 2.60. The molecule has 0 radical (unpaired) electrons. The van der Waals surface area contributed by atoms with E-state index in [9.17, 15) is 8.42 Å². The molecule has 5 nitrogen and oxygen atoms in total. The number of benzene rings is 2. The Bertz CT molecular complexity index is 844. The third kappa shape index (κ3) is 3.39. The molecule has 1 heterocycles. The highest BCUT2D eigenvalue weighted by Crippen LogP contribution is 2.30. The first-order chi connectivity index (χ1) is 11.1. The van der Waals surface area contributed by atoms with E-state index in [-0.39, 0.29) is 4.90 Å². The smallest absolute Gasteiger partial charge is 0.241 e. The van der Waals surface area contributed by atoms with Gasteiger partial charge in [-0.15, -0.1) is 0 Å². The van der Waals surface area contributed by atoms with Crippen LogP contribution in [-0.4, -0.2) is 35.2 Å². The van der Waals surface area contributed by atoms with Crippen molar-refractivity contribution in [2.24, 2.45) is 0 Å². The third-order valence-electron chi connectivity index (χ3n) is 4.00. The predicted octanol–water partition coefficient (Wildman–Crippen LogP) is 2.05. The molecule has 3 rings (SSSR count). The zero-order valence-electron chi connectivity index (χ0n) is 13.0. The Balaban J connectivity index is 1.93. The summed E-state index contributed by atoms with van der Waals surface area (Å²) < 4.78 is 33.4. The molecule has 122 valence electrons. The maximum absolute atomic E-state index is 12.7. The lowest BCUT2D eigenvalue weighted by Crippen LogP contribution is -2.29. The molecular formula is C17H20N2O3S. The second kappa shape index (κ2) is 6.70. The van der Waals surface area contributed by atoms with Crippen LogP contribution in [0.25, 0.3) is 10.8 Å². The topological polar surface area (TPSA) is 67.4 Å². The van der Waals surface area contributed by atoms with Gasteiger partial charge in [-0.3, -0.25) is 0 Å². The average molecular weight is 332 g/mol. The molecule has 2 N–H and O–H groups in total. The maximum atomic E-state index is 12.7. The van der Waals surface area contributed by atoms with E-state index < -0.39 is 10.0 Å². The monoisotopic (exact) mass is 332 g/mol. The van der Waals surface area contributed by atoms with Gasteiger partial charge in [0.15, 0.2) is 0 Å². The second-order valence-corrected chi connectivity index (χ2v) is 7.19. The lowest BCUT2D eigenvalue weighted by Gasteiger charge is -2.16. The summed E-state index contributed by atoms with van der Waals surface area (Å²) >= 11 is 0. The molecular weight excluding hydrogens is 312 g/mol. The van der Waals surface area contributed by atoms with Crippen molar-refractivity contribution in [1.29, 1.82) is 0 Å². The van der Waals surface area contributed by atoms with E-state index in [1.165, 1.54) is 0 Å². The Labute approximate surface area is 136 Å². The Hall–Kier alpha value is -1.89. The molecule has 0 aromatic heterocycles. The molecule has 0 amide bonds. The summed E-state index contributed by atoms with van der Waals surface area (Å²) in [5.41, 5.74) is 1.12. The number of fused-ring (bicyclic) bond motifs is 1. The fraction of sp³-hybridized carbons (Fsp3) is 0.294. The van der Waals surface area contributed by atoms with Gasteiger partial charge in [0.25, 0.3) is 0 Å². The SMILES string of the molecule is COc1ccc(S(=O)(=O)NCC2=CCNCC2)c2ccccc12. The molecule has 0 fully saturated rings. The van der Waals surface area contributed by atoms with Crippen molar-refractivity contribution >= 4 is 20.8 Å². The van der Waals surface area contributed by atoms with Crippen molar-refractivity contribution in [3.05, 3.63) is 48.0 Å². The lowest BCUT2D eigenvalue weighted by atomic mass is 10.1. The van der Waals surface area contributed by atoms with E-state index in [1.807, 2.05) is 24.3 Å². The number of nitrogens with one attached hydrogen (secondary N) is 2. The molecule has 0 bridgehead atoms. The summed E-state index contributed by atoms with van der Waals surface area (Å²) in [6.07, 6.45) is 2.91. The zero-order chi connectivity index (χ0) is 16.3. The van der Waals surface area contributed by atoms with Gasteiger partial charge in [-0.25, -0.2) is 13.1 Å². The van der Waals surface area contributed by atoms with E-state index in [2.05, 4.69) is 10.0 Å². The van der Waals surface area contributed by atoms with Crippen LogP contribution in [0.4, 0.5) is 0 Å². The number of hydrogen-bond donors (Lipinski definition) is 2. The van der Waals surface area contributed by atoms with Crippen LogP contribution in [0.3, 0.4) is 0 Å². The van der Waals surface area contributed by atoms with Gasteiger partial charge in [-0.1, -0.05) is 35.9 Å². The fourth-order valence-electron chi connectivity index (χ4n) is 2.75. The summed E-state index contributed by atoms with van der Waals surface area (Å²) in [5, 5.41) is 4.67. The quantitative estimate of drug-likeness (QED) is 0.823. The molecule has 0 saturated carbocycles. The van der Waals surface area contributed by atoms with Gasteiger partial charge in [-0.2, -0.15) is 0 Å². The van der Waals surface area contributed by atoms with Gasteiger partial charge in [0.2, 0.25) is 10.0 Å². The first-order valence-electron chi connectivity index (χ1n) is 7.56. The van der Waals surface area contributed by atoms with E-state index >= 15 is 0 Å². The van der Waals surface area contributed by atoms with Gasteiger partial charge in [0.05, 0.1) is 12.0 Å². The Morgan fingerprint density at radius 2 is 1.96 bits per heavy atom. The van der Waals surface area contributed by atoms with Crippen LogP contribution in [0, 0.1) is 0 Å². The molecule has 1 aliphatic heterocycles. The molecule has 1 aliphatic rings. The second-order valence-electron chi connectivity index (χ2n) is 5.45. The van der Waals surface area contributed by atoms with Gasteiger partial charge in [-0.05, 0) is 25.1 Å². The number of ether oxygens (including phenoxy) is 1. The van der Waals surface area contributed by atoms with Crippen molar-refractivity contribution < 1.29 is 13.2 Å². The fourth-order valence-corrected chi connectivity index (χ4v) is 4.00. The van der Waals surface area contributed by atoms with E-state index in [0.29, 0.717) is 17.7 Å². The van der Waals surface area contributed by atoms with Gasteiger partial charge in [0.1, 0.15) is 5.75 Å². The molecule has 2 aromatic rings. The molecule has 6 heteroatoms. The highest BCUT2D eigenvalue weighted by molar-refractivity contribution is 7.89. The highest BCUT2D eigenvalue weighted by atomic mass is 32.2. The lowest BCUT2D eigenvalue weighted by molar-refractivity contribution is 0.419. The number of methoxy groups -OCH3 is 1. The zero-order valence-corrected chi connectivity index (χ0v) is 13.8. The van der Waals surface area contributed by atoms with Crippen molar-refractivity contribution in [1.82, 2.24) is 10.0 Å². The van der Waals surface area contributed by atoms with Crippen LogP contribution in [0.5, 0.6) is 5.75 Å². The van der Waals surface area contributed by atoms with Crippen LogP contribution >= 0.6 is 0 Å². The summed E-state index contributed by atoms with van der Waals surface area (Å²) in [5.74, 6) is 0.667. The minimum Gasteiger partial charge on any atom is -0.496 e. The van der Waals surface area contributed by atoms with Crippen LogP contribution in [-0.2, 0) is 10.0 Å². The predicted molar refractivity (Wildman–Crippen MR) is 91.3 cm³/mol. The van der Waals surface area contributed by atoms with Crippen molar-refractivity contribution in [2.45, 2.75) is 11.3 Å². The summed E-state index contributed by atoms with van der Waals surface area (Å²) in [6.45, 7) is 2.03. The first-order valence-corrected chi connectivity index (χ1v) is 9.04. The summed E-state index contributed by atoms with van der Waals surface area (Å²) in [6, 6.07) is 10.7. The normalized spacial score (nSPS) is 15.4. The molecule has 0 saturated heterocycles. The van der Waals surface area contributed by atoms with E-state index in [1.54, 1.807) is 25.3 Å². The highest BCUT2D eigenvalue weighted by Gasteiger charge is 2.19. The molecule has 0 unspecified atom stereocenters. The Morgan fingerprint density at radius 3 is 2.65 bits per heavy atom. The van der Waals surface area contributed by atoms with Crippen LogP contribution < -0.4 is 14.8 Å². The number of sulfonamides is 1. The number of rotatable bonds is 5. The van der Waals surface area contributed by atoms with Crippen molar-refractivity contribution in [2.75, 3.05) is 26.7 Å². The first kappa shape index (κ1) is 16.0. The molecule has 2 aromatic carbocycles. The van der Waals surface area contributed by atoms with Crippen molar-refractivity contribution in [3.63, 3.8) is 0 Å². The third-order valence-corrected chi connectivity index (χ3v) is 5.46. The minimum absolute atomic E-state index is 0.281. The molecule has 23 heavy (non-hydrogen) atoms. The maximum Gasteiger partial charge on any atom is 0.241 e. The van der Waals surface area contributed by atoms with Crippen LogP contribution in [0.15, 0.2) is 52.9 Å². The Kier molecular flexibility index (Phi) is 4.66. The van der Waals surface area contributed by atoms with Crippen LogP contribution in [0.1, 0.15) is 6.42 Å². The van der Waals surface area contributed by atoms with Crippen molar-refractivity contribution in [3.8, 4) is 5.75 Å². The molecule has 0 atom stereocenters. The largest absolute Gasteiger partial charge is 0.496 e. The van der Waals surface area contributed by atoms with Gasteiger partial charge in [0, 0.05) is 23.9 Å². The summed E-state index contributed by atoms with van der Waals surface area (Å²) in [4.78, 5) is 0.281. The Morgan fingerprint density at radius 1 is 1.17 bits per heavy atom. The minimum atomic E-state index is -3.58. The van der Waals surface area contributed by atoms with Crippen LogP contribution in [0.2, 0.25) is 0 Å². The summed E-state index contributed by atoms with van der Waals surface area (Å²) in [7, 11) is -2.00. The molecule has 0 aliphatic carbocycles. The van der Waals surface area contributed by atoms with E-state index in [0.717, 1.165) is 30.5 Å². The van der Waals surface area contributed by atoms with Gasteiger partial charge < -0.3 is 10.1 Å².